The first-order valence-electron chi connectivity index (χ1n) is 5.38. The number of aliphatic hydroxyl groups is 1. The van der Waals surface area contributed by atoms with E-state index in [1.807, 2.05) is 0 Å². The maximum Gasteiger partial charge on any atom is 0.140 e. The van der Waals surface area contributed by atoms with Gasteiger partial charge in [0, 0.05) is 38.3 Å². The van der Waals surface area contributed by atoms with Crippen molar-refractivity contribution in [3.8, 4) is 0 Å². The highest BCUT2D eigenvalue weighted by atomic mass is 19.1. The molecule has 2 rings (SSSR count). The van der Waals surface area contributed by atoms with Gasteiger partial charge >= 0.3 is 0 Å². The molecule has 2 saturated heterocycles. The monoisotopic (exact) mass is 202 g/mol. The van der Waals surface area contributed by atoms with E-state index in [2.05, 4.69) is 23.6 Å². The highest BCUT2D eigenvalue weighted by Crippen LogP contribution is 2.23. The Morgan fingerprint density at radius 1 is 1.21 bits per heavy atom. The lowest BCUT2D eigenvalue weighted by Gasteiger charge is -2.46. The summed E-state index contributed by atoms with van der Waals surface area (Å²) in [4.78, 5) is 4.44. The zero-order chi connectivity index (χ0) is 10.3. The summed E-state index contributed by atoms with van der Waals surface area (Å²) < 4.78 is 13.0. The van der Waals surface area contributed by atoms with Gasteiger partial charge in [-0.25, -0.2) is 4.39 Å². The van der Waals surface area contributed by atoms with Gasteiger partial charge in [0.15, 0.2) is 0 Å². The fourth-order valence-corrected chi connectivity index (χ4v) is 2.21. The highest BCUT2D eigenvalue weighted by molar-refractivity contribution is 4.95. The molecule has 2 fully saturated rings. The zero-order valence-corrected chi connectivity index (χ0v) is 8.86. The number of hydrogen-bond donors (Lipinski definition) is 1. The molecular formula is C10H19FN2O. The number of alkyl halides is 1. The Morgan fingerprint density at radius 2 is 1.86 bits per heavy atom. The Bertz CT molecular complexity index is 196. The van der Waals surface area contributed by atoms with Gasteiger partial charge in [-0.05, 0) is 13.8 Å². The van der Waals surface area contributed by atoms with Crippen LogP contribution >= 0.6 is 0 Å². The number of aliphatic hydroxyl groups excluding tert-OH is 1. The first-order valence-corrected chi connectivity index (χ1v) is 5.38. The molecule has 0 aromatic carbocycles. The van der Waals surface area contributed by atoms with Crippen LogP contribution in [0.3, 0.4) is 0 Å². The van der Waals surface area contributed by atoms with Crippen LogP contribution in [0.15, 0.2) is 0 Å². The molecule has 0 unspecified atom stereocenters. The minimum absolute atomic E-state index is 0.414. The van der Waals surface area contributed by atoms with Crippen LogP contribution in [0.4, 0.5) is 4.39 Å². The van der Waals surface area contributed by atoms with Crippen molar-refractivity contribution < 1.29 is 9.50 Å². The summed E-state index contributed by atoms with van der Waals surface area (Å²) in [5.41, 5.74) is 0. The van der Waals surface area contributed by atoms with Crippen molar-refractivity contribution in [3.05, 3.63) is 0 Å². The van der Waals surface area contributed by atoms with Gasteiger partial charge in [0.2, 0.25) is 0 Å². The molecule has 2 aliphatic rings. The van der Waals surface area contributed by atoms with Crippen molar-refractivity contribution >= 4 is 0 Å². The quantitative estimate of drug-likeness (QED) is 0.687. The Labute approximate surface area is 84.5 Å². The molecule has 0 amide bonds. The molecular weight excluding hydrogens is 183 g/mol. The van der Waals surface area contributed by atoms with Crippen LogP contribution in [-0.2, 0) is 0 Å². The van der Waals surface area contributed by atoms with E-state index in [-0.39, 0.29) is 0 Å². The first kappa shape index (κ1) is 10.3. The van der Waals surface area contributed by atoms with E-state index < -0.39 is 12.3 Å². The smallest absolute Gasteiger partial charge is 0.140 e. The molecule has 0 aromatic heterocycles. The summed E-state index contributed by atoms with van der Waals surface area (Å²) in [6.07, 6.45) is -1.80. The van der Waals surface area contributed by atoms with Crippen LogP contribution < -0.4 is 0 Å². The standard InChI is InChI=1S/C10H19FN2O/c1-7(2)12-3-8(4-12)13-5-9(11)10(14)6-13/h7-10,14H,3-6H2,1-2H3/t9-,10-/m0/s1. The average Bonchev–Trinajstić information content (AvgIpc) is 2.27. The van der Waals surface area contributed by atoms with E-state index >= 15 is 0 Å². The summed E-state index contributed by atoms with van der Waals surface area (Å²) in [6, 6.07) is 1.05. The molecule has 82 valence electrons. The second-order valence-corrected chi connectivity index (χ2v) is 4.74. The van der Waals surface area contributed by atoms with Gasteiger partial charge in [-0.1, -0.05) is 0 Å². The van der Waals surface area contributed by atoms with E-state index in [9.17, 15) is 9.50 Å². The third kappa shape index (κ3) is 1.78. The first-order chi connectivity index (χ1) is 6.58. The molecule has 3 nitrogen and oxygen atoms in total. The third-order valence-electron chi connectivity index (χ3n) is 3.39. The van der Waals surface area contributed by atoms with Crippen LogP contribution in [0.5, 0.6) is 0 Å². The lowest BCUT2D eigenvalue weighted by Crippen LogP contribution is -2.60. The van der Waals surface area contributed by atoms with Crippen molar-refractivity contribution in [2.24, 2.45) is 0 Å². The predicted octanol–water partition coefficient (Wildman–Crippen LogP) is 0.0936. The van der Waals surface area contributed by atoms with Crippen LogP contribution in [0, 0.1) is 0 Å². The number of hydrogen-bond acceptors (Lipinski definition) is 3. The second-order valence-electron chi connectivity index (χ2n) is 4.74. The van der Waals surface area contributed by atoms with Crippen molar-refractivity contribution in [1.82, 2.24) is 9.80 Å². The molecule has 0 saturated carbocycles. The van der Waals surface area contributed by atoms with Crippen molar-refractivity contribution in [1.29, 1.82) is 0 Å². The lowest BCUT2D eigenvalue weighted by molar-refractivity contribution is 0.0196. The molecule has 2 aliphatic heterocycles. The number of likely N-dealkylation sites (tertiary alicyclic amines) is 2. The summed E-state index contributed by atoms with van der Waals surface area (Å²) >= 11 is 0. The summed E-state index contributed by atoms with van der Waals surface area (Å²) in [6.45, 7) is 7.32. The van der Waals surface area contributed by atoms with Gasteiger partial charge in [-0.3, -0.25) is 9.80 Å². The second kappa shape index (κ2) is 3.76. The maximum absolute atomic E-state index is 13.0. The van der Waals surface area contributed by atoms with Gasteiger partial charge in [-0.15, -0.1) is 0 Å². The van der Waals surface area contributed by atoms with E-state index in [1.54, 1.807) is 0 Å². The molecule has 0 radical (unpaired) electrons. The SMILES string of the molecule is CC(C)N1CC(N2C[C@H](O)[C@@H](F)C2)C1. The molecule has 2 heterocycles. The summed E-state index contributed by atoms with van der Waals surface area (Å²) in [7, 11) is 0. The van der Waals surface area contributed by atoms with Crippen LogP contribution in [0.1, 0.15) is 13.8 Å². The number of halogens is 1. The minimum atomic E-state index is -1.04. The van der Waals surface area contributed by atoms with Gasteiger partial charge < -0.3 is 5.11 Å². The number of rotatable bonds is 2. The third-order valence-corrected chi connectivity index (χ3v) is 3.39. The van der Waals surface area contributed by atoms with Crippen LogP contribution in [0.2, 0.25) is 0 Å². The Morgan fingerprint density at radius 3 is 2.29 bits per heavy atom. The van der Waals surface area contributed by atoms with Crippen LogP contribution in [0.25, 0.3) is 0 Å². The minimum Gasteiger partial charge on any atom is -0.389 e. The predicted molar refractivity (Wildman–Crippen MR) is 53.0 cm³/mol. The van der Waals surface area contributed by atoms with Crippen molar-refractivity contribution in [3.63, 3.8) is 0 Å². The van der Waals surface area contributed by atoms with Gasteiger partial charge in [-0.2, -0.15) is 0 Å². The van der Waals surface area contributed by atoms with Gasteiger partial charge in [0.25, 0.3) is 0 Å². The normalized spacial score (nSPS) is 36.6. The van der Waals surface area contributed by atoms with E-state index in [4.69, 9.17) is 0 Å². The van der Waals surface area contributed by atoms with Crippen molar-refractivity contribution in [2.75, 3.05) is 26.2 Å². The lowest BCUT2D eigenvalue weighted by atomic mass is 10.1. The van der Waals surface area contributed by atoms with E-state index in [0.29, 0.717) is 25.2 Å². The Balaban J connectivity index is 1.78. The molecule has 4 heteroatoms. The highest BCUT2D eigenvalue weighted by Gasteiger charge is 2.40. The number of β-amino-alcohol motifs (C(OH)–C–C–N with tert-alkyl or cyclic N) is 1. The van der Waals surface area contributed by atoms with Crippen molar-refractivity contribution in [2.45, 2.75) is 38.2 Å². The fourth-order valence-electron chi connectivity index (χ4n) is 2.21. The molecule has 0 aromatic rings. The molecule has 14 heavy (non-hydrogen) atoms. The average molecular weight is 202 g/mol. The van der Waals surface area contributed by atoms with Crippen LogP contribution in [-0.4, -0.2) is 65.4 Å². The summed E-state index contributed by atoms with van der Waals surface area (Å²) in [5, 5.41) is 9.28. The molecule has 2 atom stereocenters. The molecule has 1 N–H and O–H groups in total. The Hall–Kier alpha value is -0.190. The Kier molecular flexibility index (Phi) is 2.77. The molecule has 0 spiro atoms. The van der Waals surface area contributed by atoms with E-state index in [1.165, 1.54) is 0 Å². The fraction of sp³-hybridized carbons (Fsp3) is 1.00. The topological polar surface area (TPSA) is 26.7 Å². The maximum atomic E-state index is 13.0. The largest absolute Gasteiger partial charge is 0.389 e. The zero-order valence-electron chi connectivity index (χ0n) is 8.86. The van der Waals surface area contributed by atoms with Gasteiger partial charge in [0.05, 0.1) is 6.10 Å². The number of nitrogens with zero attached hydrogens (tertiary/aromatic N) is 2. The summed E-state index contributed by atoms with van der Waals surface area (Å²) in [5.74, 6) is 0. The molecule has 0 bridgehead atoms. The molecule has 0 aliphatic carbocycles. The van der Waals surface area contributed by atoms with Gasteiger partial charge in [0.1, 0.15) is 6.17 Å². The van der Waals surface area contributed by atoms with E-state index in [0.717, 1.165) is 13.1 Å².